The predicted octanol–water partition coefficient (Wildman–Crippen LogP) is 1.35. The van der Waals surface area contributed by atoms with Gasteiger partial charge in [0.15, 0.2) is 0 Å². The van der Waals surface area contributed by atoms with Crippen molar-refractivity contribution in [3.63, 3.8) is 0 Å². The van der Waals surface area contributed by atoms with Crippen LogP contribution in [0.15, 0.2) is 0 Å². The van der Waals surface area contributed by atoms with Crippen LogP contribution in [0.2, 0.25) is 0 Å². The molecule has 0 aliphatic heterocycles. The Bertz CT molecular complexity index is 278. The smallest absolute Gasteiger partial charge is 0.227 e. The van der Waals surface area contributed by atoms with Crippen LogP contribution in [0.5, 0.6) is 0 Å². The van der Waals surface area contributed by atoms with E-state index < -0.39 is 0 Å². The molecule has 0 spiro atoms. The molecule has 0 saturated heterocycles. The van der Waals surface area contributed by atoms with E-state index in [0.717, 1.165) is 38.9 Å². The highest BCUT2D eigenvalue weighted by atomic mass is 16.2. The number of amides is 1. The van der Waals surface area contributed by atoms with Gasteiger partial charge in [0.05, 0.1) is 5.41 Å². The Labute approximate surface area is 111 Å². The fourth-order valence-electron chi connectivity index (χ4n) is 2.78. The van der Waals surface area contributed by atoms with E-state index >= 15 is 0 Å². The maximum absolute atomic E-state index is 12.3. The van der Waals surface area contributed by atoms with Gasteiger partial charge in [-0.25, -0.2) is 0 Å². The number of nitrogens with one attached hydrogen (secondary N) is 1. The van der Waals surface area contributed by atoms with E-state index in [-0.39, 0.29) is 23.4 Å². The van der Waals surface area contributed by atoms with Crippen LogP contribution >= 0.6 is 0 Å². The van der Waals surface area contributed by atoms with Crippen LogP contribution in [-0.2, 0) is 4.79 Å². The minimum Gasteiger partial charge on any atom is -0.352 e. The highest BCUT2D eigenvalue weighted by molar-refractivity contribution is 5.83. The third kappa shape index (κ3) is 3.45. The Balaban J connectivity index is 2.49. The third-order valence-corrected chi connectivity index (χ3v) is 4.35. The summed E-state index contributed by atoms with van der Waals surface area (Å²) in [6, 6.07) is 0.195. The predicted molar refractivity (Wildman–Crippen MR) is 75.3 cm³/mol. The zero-order chi connectivity index (χ0) is 13.8. The summed E-state index contributed by atoms with van der Waals surface area (Å²) in [6.07, 6.45) is 2.95. The number of hydrogen-bond acceptors (Lipinski definition) is 3. The fraction of sp³-hybridized carbons (Fsp3) is 0.929. The van der Waals surface area contributed by atoms with Crippen LogP contribution in [-0.4, -0.2) is 42.5 Å². The molecule has 3 atom stereocenters. The summed E-state index contributed by atoms with van der Waals surface area (Å²) in [5.74, 6) is 0.132. The number of carbonyl (C=O) groups excluding carboxylic acids is 1. The van der Waals surface area contributed by atoms with Gasteiger partial charge in [-0.15, -0.1) is 0 Å². The molecule has 4 heteroatoms. The lowest BCUT2D eigenvalue weighted by atomic mass is 9.84. The van der Waals surface area contributed by atoms with Crippen molar-refractivity contribution in [1.29, 1.82) is 0 Å². The number of hydrogen-bond donors (Lipinski definition) is 2. The Hall–Kier alpha value is -0.610. The summed E-state index contributed by atoms with van der Waals surface area (Å²) in [7, 11) is 0. The lowest BCUT2D eigenvalue weighted by molar-refractivity contribution is -0.131. The minimum atomic E-state index is -0.364. The van der Waals surface area contributed by atoms with Gasteiger partial charge in [0, 0.05) is 18.6 Å². The van der Waals surface area contributed by atoms with Crippen molar-refractivity contribution in [2.75, 3.05) is 19.6 Å². The van der Waals surface area contributed by atoms with Gasteiger partial charge in [0.2, 0.25) is 5.91 Å². The first-order valence-corrected chi connectivity index (χ1v) is 7.23. The van der Waals surface area contributed by atoms with E-state index in [1.54, 1.807) is 0 Å². The van der Waals surface area contributed by atoms with E-state index in [2.05, 4.69) is 31.0 Å². The molecular formula is C14H29N3O. The normalized spacial score (nSPS) is 29.6. The molecule has 0 aromatic rings. The van der Waals surface area contributed by atoms with Crippen LogP contribution in [0, 0.1) is 5.41 Å². The molecule has 3 N–H and O–H groups in total. The van der Waals surface area contributed by atoms with Crippen LogP contribution < -0.4 is 11.1 Å². The maximum atomic E-state index is 12.3. The van der Waals surface area contributed by atoms with Crippen molar-refractivity contribution in [1.82, 2.24) is 10.2 Å². The molecule has 1 aliphatic carbocycles. The van der Waals surface area contributed by atoms with Crippen molar-refractivity contribution in [3.8, 4) is 0 Å². The topological polar surface area (TPSA) is 58.4 Å². The molecule has 1 fully saturated rings. The molecule has 4 nitrogen and oxygen atoms in total. The summed E-state index contributed by atoms with van der Waals surface area (Å²) < 4.78 is 0. The molecule has 1 amide bonds. The summed E-state index contributed by atoms with van der Waals surface area (Å²) in [5.41, 5.74) is 5.71. The fourth-order valence-corrected chi connectivity index (χ4v) is 2.78. The van der Waals surface area contributed by atoms with Crippen LogP contribution in [0.4, 0.5) is 0 Å². The monoisotopic (exact) mass is 255 g/mol. The number of carbonyl (C=O) groups is 1. The minimum absolute atomic E-state index is 0.0122. The van der Waals surface area contributed by atoms with Crippen LogP contribution in [0.1, 0.15) is 47.0 Å². The Morgan fingerprint density at radius 3 is 2.56 bits per heavy atom. The Morgan fingerprint density at radius 2 is 2.11 bits per heavy atom. The number of nitrogens with zero attached hydrogens (tertiary/aromatic N) is 1. The molecule has 1 rings (SSSR count). The second-order valence-electron chi connectivity index (χ2n) is 5.78. The number of likely N-dealkylation sites (N-methyl/N-ethyl adjacent to an activating group) is 1. The summed E-state index contributed by atoms with van der Waals surface area (Å²) in [5, 5.41) is 3.13. The first kappa shape index (κ1) is 15.4. The van der Waals surface area contributed by atoms with Crippen molar-refractivity contribution in [2.45, 2.75) is 59.0 Å². The van der Waals surface area contributed by atoms with Gasteiger partial charge in [0.1, 0.15) is 0 Å². The molecule has 106 valence electrons. The number of rotatable bonds is 6. The van der Waals surface area contributed by atoms with Gasteiger partial charge in [-0.1, -0.05) is 20.3 Å². The summed E-state index contributed by atoms with van der Waals surface area (Å²) in [4.78, 5) is 14.7. The molecule has 0 radical (unpaired) electrons. The lowest BCUT2D eigenvalue weighted by Gasteiger charge is -2.31. The van der Waals surface area contributed by atoms with Crippen molar-refractivity contribution in [2.24, 2.45) is 11.1 Å². The van der Waals surface area contributed by atoms with Crippen LogP contribution in [0.25, 0.3) is 0 Å². The van der Waals surface area contributed by atoms with E-state index in [4.69, 9.17) is 5.73 Å². The average Bonchev–Trinajstić information content (AvgIpc) is 2.68. The van der Waals surface area contributed by atoms with E-state index in [1.165, 1.54) is 0 Å². The molecule has 0 heterocycles. The molecule has 0 aromatic heterocycles. The zero-order valence-corrected chi connectivity index (χ0v) is 12.3. The van der Waals surface area contributed by atoms with Crippen molar-refractivity contribution >= 4 is 5.91 Å². The van der Waals surface area contributed by atoms with Gasteiger partial charge >= 0.3 is 0 Å². The van der Waals surface area contributed by atoms with E-state index in [9.17, 15) is 4.79 Å². The first-order valence-electron chi connectivity index (χ1n) is 7.23. The lowest BCUT2D eigenvalue weighted by Crippen LogP contribution is -2.51. The number of nitrogens with two attached hydrogens (primary N) is 1. The second-order valence-corrected chi connectivity index (χ2v) is 5.78. The van der Waals surface area contributed by atoms with Gasteiger partial charge in [-0.3, -0.25) is 4.79 Å². The standard InChI is InChI=1S/C14H29N3O/c1-5-17(6-2)10-11(3)16-13(18)14(4)9-7-8-12(14)15/h11-12H,5-10,15H2,1-4H3,(H,16,18). The first-order chi connectivity index (χ1) is 8.43. The molecule has 18 heavy (non-hydrogen) atoms. The quantitative estimate of drug-likeness (QED) is 0.753. The maximum Gasteiger partial charge on any atom is 0.227 e. The molecule has 1 aliphatic rings. The molecule has 0 bridgehead atoms. The van der Waals surface area contributed by atoms with Gasteiger partial charge in [-0.05, 0) is 39.8 Å². The molecule has 1 saturated carbocycles. The van der Waals surface area contributed by atoms with E-state index in [0.29, 0.717) is 0 Å². The zero-order valence-electron chi connectivity index (χ0n) is 12.3. The average molecular weight is 255 g/mol. The molecule has 0 aromatic carbocycles. The third-order valence-electron chi connectivity index (χ3n) is 4.35. The van der Waals surface area contributed by atoms with Gasteiger partial charge < -0.3 is 16.0 Å². The largest absolute Gasteiger partial charge is 0.352 e. The molecule has 3 unspecified atom stereocenters. The summed E-state index contributed by atoms with van der Waals surface area (Å²) >= 11 is 0. The van der Waals surface area contributed by atoms with Gasteiger partial charge in [-0.2, -0.15) is 0 Å². The van der Waals surface area contributed by atoms with Crippen molar-refractivity contribution in [3.05, 3.63) is 0 Å². The highest BCUT2D eigenvalue weighted by Gasteiger charge is 2.43. The summed E-state index contributed by atoms with van der Waals surface area (Å²) in [6.45, 7) is 11.3. The Morgan fingerprint density at radius 1 is 1.50 bits per heavy atom. The van der Waals surface area contributed by atoms with Crippen molar-refractivity contribution < 1.29 is 4.79 Å². The van der Waals surface area contributed by atoms with Crippen LogP contribution in [0.3, 0.4) is 0 Å². The molecular weight excluding hydrogens is 226 g/mol. The Kier molecular flexibility index (Phi) is 5.60. The van der Waals surface area contributed by atoms with E-state index in [1.807, 2.05) is 6.92 Å². The van der Waals surface area contributed by atoms with Gasteiger partial charge in [0.25, 0.3) is 0 Å². The SMILES string of the molecule is CCN(CC)CC(C)NC(=O)C1(C)CCCC1N. The second kappa shape index (κ2) is 6.53. The highest BCUT2D eigenvalue weighted by Crippen LogP contribution is 2.36.